The molecule has 1 amide bonds. The minimum atomic E-state index is -4.55. The molecule has 0 bridgehead atoms. The molecule has 0 radical (unpaired) electrons. The van der Waals surface area contributed by atoms with Crippen LogP contribution < -0.4 is 14.8 Å². The molecule has 0 aliphatic rings. The van der Waals surface area contributed by atoms with Gasteiger partial charge in [-0.2, -0.15) is 13.2 Å². The van der Waals surface area contributed by atoms with Gasteiger partial charge in [0.05, 0.1) is 29.1 Å². The normalized spacial score (nSPS) is 11.2. The Bertz CT molecular complexity index is 1150. The molecule has 1 N–H and O–H groups in total. The van der Waals surface area contributed by atoms with Crippen molar-refractivity contribution in [2.45, 2.75) is 24.5 Å². The number of benzene rings is 2. The molecular weight excluding hydrogens is 493 g/mol. The van der Waals surface area contributed by atoms with Crippen LogP contribution in [0.4, 0.5) is 18.9 Å². The van der Waals surface area contributed by atoms with Crippen molar-refractivity contribution in [2.75, 3.05) is 18.2 Å². The second kappa shape index (κ2) is 11.3. The van der Waals surface area contributed by atoms with Crippen molar-refractivity contribution in [2.24, 2.45) is 0 Å². The summed E-state index contributed by atoms with van der Waals surface area (Å²) >= 11 is 7.00. The summed E-state index contributed by atoms with van der Waals surface area (Å²) in [6, 6.07) is 9.77. The molecule has 0 fully saturated rings. The molecule has 34 heavy (non-hydrogen) atoms. The van der Waals surface area contributed by atoms with Crippen LogP contribution in [0.2, 0.25) is 5.02 Å². The van der Waals surface area contributed by atoms with Crippen LogP contribution in [0.5, 0.6) is 11.5 Å². The third-order valence-corrected chi connectivity index (χ3v) is 5.73. The van der Waals surface area contributed by atoms with Crippen LogP contribution >= 0.6 is 23.4 Å². The second-order valence-electron chi connectivity index (χ2n) is 6.79. The molecule has 2 aromatic carbocycles. The highest BCUT2D eigenvalue weighted by molar-refractivity contribution is 7.99. The van der Waals surface area contributed by atoms with Crippen LogP contribution in [-0.4, -0.2) is 33.5 Å². The SMILES string of the molecule is C=CCn1c(COc2ccc(OC)cc2)nnc1SCC(=O)Nc1cc(C(F)(F)F)ccc1Cl. The lowest BCUT2D eigenvalue weighted by Crippen LogP contribution is -2.16. The number of ether oxygens (including phenoxy) is 2. The molecule has 0 atom stereocenters. The number of carbonyl (C=O) groups excluding carboxylic acids is 1. The maximum atomic E-state index is 12.9. The van der Waals surface area contributed by atoms with E-state index in [0.717, 1.165) is 30.0 Å². The highest BCUT2D eigenvalue weighted by Gasteiger charge is 2.31. The van der Waals surface area contributed by atoms with E-state index in [1.165, 1.54) is 0 Å². The Hall–Kier alpha value is -3.18. The summed E-state index contributed by atoms with van der Waals surface area (Å²) in [5.41, 5.74) is -1.03. The number of methoxy groups -OCH3 is 1. The van der Waals surface area contributed by atoms with E-state index in [1.54, 1.807) is 42.0 Å². The molecule has 3 rings (SSSR count). The van der Waals surface area contributed by atoms with Crippen molar-refractivity contribution in [3.05, 3.63) is 71.5 Å². The molecule has 0 aliphatic carbocycles. The van der Waals surface area contributed by atoms with Gasteiger partial charge in [-0.25, -0.2) is 0 Å². The molecule has 7 nitrogen and oxygen atoms in total. The van der Waals surface area contributed by atoms with Crippen LogP contribution in [0.1, 0.15) is 11.4 Å². The van der Waals surface area contributed by atoms with Crippen molar-refractivity contribution in [3.8, 4) is 11.5 Å². The molecule has 180 valence electrons. The number of halogens is 4. The maximum Gasteiger partial charge on any atom is 0.416 e. The lowest BCUT2D eigenvalue weighted by atomic mass is 10.2. The predicted molar refractivity (Wildman–Crippen MR) is 123 cm³/mol. The van der Waals surface area contributed by atoms with Crippen LogP contribution in [0.25, 0.3) is 0 Å². The molecule has 0 aliphatic heterocycles. The second-order valence-corrected chi connectivity index (χ2v) is 8.14. The number of aromatic nitrogens is 3. The first-order valence-electron chi connectivity index (χ1n) is 9.80. The molecule has 3 aromatic rings. The Morgan fingerprint density at radius 3 is 2.56 bits per heavy atom. The number of hydrogen-bond donors (Lipinski definition) is 1. The summed E-state index contributed by atoms with van der Waals surface area (Å²) in [5.74, 6) is 1.15. The largest absolute Gasteiger partial charge is 0.497 e. The Labute approximate surface area is 202 Å². The summed E-state index contributed by atoms with van der Waals surface area (Å²) < 4.78 is 51.4. The number of carbonyl (C=O) groups is 1. The minimum absolute atomic E-state index is 0.000795. The van der Waals surface area contributed by atoms with E-state index in [0.29, 0.717) is 29.0 Å². The molecule has 0 saturated carbocycles. The number of allylic oxidation sites excluding steroid dienone is 1. The van der Waals surface area contributed by atoms with Crippen LogP contribution in [-0.2, 0) is 24.1 Å². The van der Waals surface area contributed by atoms with E-state index < -0.39 is 17.6 Å². The van der Waals surface area contributed by atoms with Crippen molar-refractivity contribution in [3.63, 3.8) is 0 Å². The van der Waals surface area contributed by atoms with Crippen molar-refractivity contribution >= 4 is 35.0 Å². The van der Waals surface area contributed by atoms with E-state index in [1.807, 2.05) is 0 Å². The van der Waals surface area contributed by atoms with E-state index in [9.17, 15) is 18.0 Å². The number of nitrogens with zero attached hydrogens (tertiary/aromatic N) is 3. The maximum absolute atomic E-state index is 12.9. The van der Waals surface area contributed by atoms with Gasteiger partial charge in [0.1, 0.15) is 18.1 Å². The Balaban J connectivity index is 1.63. The highest BCUT2D eigenvalue weighted by atomic mass is 35.5. The molecule has 12 heteroatoms. The summed E-state index contributed by atoms with van der Waals surface area (Å²) in [6.45, 7) is 4.22. The minimum Gasteiger partial charge on any atom is -0.497 e. The molecule has 1 aromatic heterocycles. The Morgan fingerprint density at radius 2 is 1.91 bits per heavy atom. The fraction of sp³-hybridized carbons (Fsp3) is 0.227. The predicted octanol–water partition coefficient (Wildman–Crippen LogP) is 5.45. The number of rotatable bonds is 10. The fourth-order valence-corrected chi connectivity index (χ4v) is 3.71. The first-order valence-corrected chi connectivity index (χ1v) is 11.2. The zero-order chi connectivity index (χ0) is 24.7. The number of anilines is 1. The first-order chi connectivity index (χ1) is 16.2. The van der Waals surface area contributed by atoms with Gasteiger partial charge < -0.3 is 14.8 Å². The van der Waals surface area contributed by atoms with Gasteiger partial charge in [-0.05, 0) is 42.5 Å². The van der Waals surface area contributed by atoms with Gasteiger partial charge >= 0.3 is 6.18 Å². The van der Waals surface area contributed by atoms with Gasteiger partial charge in [0, 0.05) is 6.54 Å². The molecule has 0 saturated heterocycles. The number of thioether (sulfide) groups is 1. The topological polar surface area (TPSA) is 78.3 Å². The Morgan fingerprint density at radius 1 is 1.21 bits per heavy atom. The van der Waals surface area contributed by atoms with Gasteiger partial charge in [0.2, 0.25) is 5.91 Å². The van der Waals surface area contributed by atoms with Crippen LogP contribution in [0.15, 0.2) is 60.3 Å². The van der Waals surface area contributed by atoms with Gasteiger partial charge in [-0.15, -0.1) is 16.8 Å². The quantitative estimate of drug-likeness (QED) is 0.287. The molecule has 0 unspecified atom stereocenters. The van der Waals surface area contributed by atoms with Gasteiger partial charge in [-0.3, -0.25) is 9.36 Å². The summed E-state index contributed by atoms with van der Waals surface area (Å²) in [4.78, 5) is 12.4. The summed E-state index contributed by atoms with van der Waals surface area (Å²) in [5, 5.41) is 11.0. The zero-order valence-electron chi connectivity index (χ0n) is 17.9. The molecule has 1 heterocycles. The average Bonchev–Trinajstić information content (AvgIpc) is 3.19. The van der Waals surface area contributed by atoms with Crippen molar-refractivity contribution in [1.29, 1.82) is 0 Å². The lowest BCUT2D eigenvalue weighted by molar-refractivity contribution is -0.137. The van der Waals surface area contributed by atoms with E-state index in [2.05, 4.69) is 22.1 Å². The van der Waals surface area contributed by atoms with Gasteiger partial charge in [-0.1, -0.05) is 29.4 Å². The number of alkyl halides is 3. The van der Waals surface area contributed by atoms with E-state index in [-0.39, 0.29) is 23.1 Å². The van der Waals surface area contributed by atoms with Gasteiger partial charge in [0.25, 0.3) is 0 Å². The number of amides is 1. The van der Waals surface area contributed by atoms with E-state index >= 15 is 0 Å². The number of nitrogens with one attached hydrogen (secondary N) is 1. The molecular formula is C22H20ClF3N4O3S. The standard InChI is InChI=1S/C22H20ClF3N4O3S/c1-3-10-30-19(12-33-16-7-5-15(32-2)6-8-16)28-29-21(30)34-13-20(31)27-18-11-14(22(24,25)26)4-9-17(18)23/h3-9,11H,1,10,12-13H2,2H3,(H,27,31). The highest BCUT2D eigenvalue weighted by Crippen LogP contribution is 2.34. The van der Waals surface area contributed by atoms with Crippen molar-refractivity contribution in [1.82, 2.24) is 14.8 Å². The third-order valence-electron chi connectivity index (χ3n) is 4.43. The summed E-state index contributed by atoms with van der Waals surface area (Å²) in [6.07, 6.45) is -2.91. The lowest BCUT2D eigenvalue weighted by Gasteiger charge is -2.12. The summed E-state index contributed by atoms with van der Waals surface area (Å²) in [7, 11) is 1.57. The number of hydrogen-bond acceptors (Lipinski definition) is 6. The zero-order valence-corrected chi connectivity index (χ0v) is 19.5. The smallest absolute Gasteiger partial charge is 0.416 e. The average molecular weight is 513 g/mol. The molecule has 0 spiro atoms. The van der Waals surface area contributed by atoms with Crippen molar-refractivity contribution < 1.29 is 27.4 Å². The third kappa shape index (κ3) is 6.67. The van der Waals surface area contributed by atoms with Gasteiger partial charge in [0.15, 0.2) is 11.0 Å². The Kier molecular flexibility index (Phi) is 8.46. The van der Waals surface area contributed by atoms with Crippen LogP contribution in [0, 0.1) is 0 Å². The first kappa shape index (κ1) is 25.4. The van der Waals surface area contributed by atoms with E-state index in [4.69, 9.17) is 21.1 Å². The monoisotopic (exact) mass is 512 g/mol. The van der Waals surface area contributed by atoms with Crippen LogP contribution in [0.3, 0.4) is 0 Å². The fourth-order valence-electron chi connectivity index (χ4n) is 2.78.